The summed E-state index contributed by atoms with van der Waals surface area (Å²) in [5.74, 6) is -0.201. The summed E-state index contributed by atoms with van der Waals surface area (Å²) in [6.45, 7) is 2.71. The topological polar surface area (TPSA) is 64.4 Å². The number of hydrogen-bond donors (Lipinski definition) is 1. The van der Waals surface area contributed by atoms with Crippen LogP contribution in [-0.4, -0.2) is 27.5 Å². The number of ether oxygens (including phenoxy) is 1. The second-order valence-corrected chi connectivity index (χ2v) is 4.24. The van der Waals surface area contributed by atoms with Crippen molar-refractivity contribution in [1.82, 2.24) is 9.78 Å². The van der Waals surface area contributed by atoms with Crippen LogP contribution in [0, 0.1) is 0 Å². The van der Waals surface area contributed by atoms with Crippen molar-refractivity contribution < 1.29 is 14.6 Å². The number of rotatable bonds is 5. The van der Waals surface area contributed by atoms with Gasteiger partial charge in [0.05, 0.1) is 6.61 Å². The zero-order valence-electron chi connectivity index (χ0n) is 11.0. The second kappa shape index (κ2) is 5.56. The molecule has 1 aromatic heterocycles. The predicted octanol–water partition coefficient (Wildman–Crippen LogP) is 2.57. The molecule has 100 valence electrons. The molecule has 2 aromatic rings. The summed E-state index contributed by atoms with van der Waals surface area (Å²) in [5, 5.41) is 13.3. The Kier molecular flexibility index (Phi) is 3.85. The van der Waals surface area contributed by atoms with Gasteiger partial charge in [0, 0.05) is 18.8 Å². The van der Waals surface area contributed by atoms with Crippen LogP contribution >= 0.6 is 0 Å². The van der Waals surface area contributed by atoms with Crippen LogP contribution in [-0.2, 0) is 7.05 Å². The molecular weight excluding hydrogens is 244 g/mol. The van der Waals surface area contributed by atoms with E-state index in [2.05, 4.69) is 5.10 Å². The zero-order chi connectivity index (χ0) is 13.8. The van der Waals surface area contributed by atoms with Gasteiger partial charge in [-0.25, -0.2) is 4.79 Å². The van der Waals surface area contributed by atoms with Crippen LogP contribution in [0.4, 0.5) is 0 Å². The second-order valence-electron chi connectivity index (χ2n) is 4.24. The molecule has 0 radical (unpaired) electrons. The van der Waals surface area contributed by atoms with E-state index in [0.29, 0.717) is 12.3 Å². The standard InChI is InChI=1S/C14H16N2O3/c1-3-8-19-11-6-4-10(5-7-11)13-12(14(17)18)9-16(2)15-13/h4-7,9H,3,8H2,1-2H3,(H,17,18). The molecule has 0 aliphatic rings. The zero-order valence-corrected chi connectivity index (χ0v) is 11.0. The van der Waals surface area contributed by atoms with Crippen molar-refractivity contribution in [3.63, 3.8) is 0 Å². The van der Waals surface area contributed by atoms with E-state index in [1.165, 1.54) is 10.9 Å². The summed E-state index contributed by atoms with van der Waals surface area (Å²) in [5.41, 5.74) is 1.43. The maximum absolute atomic E-state index is 11.1. The maximum atomic E-state index is 11.1. The molecule has 5 nitrogen and oxygen atoms in total. The summed E-state index contributed by atoms with van der Waals surface area (Å²) < 4.78 is 6.99. The summed E-state index contributed by atoms with van der Waals surface area (Å²) in [4.78, 5) is 11.1. The Hall–Kier alpha value is -2.30. The number of hydrogen-bond acceptors (Lipinski definition) is 3. The maximum Gasteiger partial charge on any atom is 0.339 e. The predicted molar refractivity (Wildman–Crippen MR) is 71.4 cm³/mol. The van der Waals surface area contributed by atoms with Gasteiger partial charge in [0.2, 0.25) is 0 Å². The Morgan fingerprint density at radius 1 is 1.37 bits per heavy atom. The van der Waals surface area contributed by atoms with E-state index in [9.17, 15) is 4.79 Å². The molecule has 0 amide bonds. The molecule has 0 aliphatic heterocycles. The summed E-state index contributed by atoms with van der Waals surface area (Å²) in [6.07, 6.45) is 2.45. The van der Waals surface area contributed by atoms with Crippen LogP contribution in [0.5, 0.6) is 5.75 Å². The van der Waals surface area contributed by atoms with E-state index in [4.69, 9.17) is 9.84 Å². The van der Waals surface area contributed by atoms with Gasteiger partial charge in [-0.05, 0) is 30.7 Å². The summed E-state index contributed by atoms with van der Waals surface area (Å²) in [6, 6.07) is 7.29. The van der Waals surface area contributed by atoms with Crippen LogP contribution in [0.3, 0.4) is 0 Å². The van der Waals surface area contributed by atoms with Gasteiger partial charge in [0.25, 0.3) is 0 Å². The molecule has 0 atom stereocenters. The van der Waals surface area contributed by atoms with Crippen LogP contribution in [0.1, 0.15) is 23.7 Å². The first-order valence-electron chi connectivity index (χ1n) is 6.12. The van der Waals surface area contributed by atoms with Gasteiger partial charge in [-0.1, -0.05) is 6.92 Å². The number of aryl methyl sites for hydroxylation is 1. The SMILES string of the molecule is CCCOc1ccc(-c2nn(C)cc2C(=O)O)cc1. The van der Waals surface area contributed by atoms with Gasteiger partial charge in [0.15, 0.2) is 0 Å². The summed E-state index contributed by atoms with van der Waals surface area (Å²) in [7, 11) is 1.70. The lowest BCUT2D eigenvalue weighted by molar-refractivity contribution is 0.0697. The molecule has 0 saturated heterocycles. The molecule has 0 bridgehead atoms. The van der Waals surface area contributed by atoms with Gasteiger partial charge in [0.1, 0.15) is 17.0 Å². The largest absolute Gasteiger partial charge is 0.494 e. The van der Waals surface area contributed by atoms with Crippen LogP contribution in [0.15, 0.2) is 30.5 Å². The van der Waals surface area contributed by atoms with Gasteiger partial charge < -0.3 is 9.84 Å². The molecule has 1 heterocycles. The fraction of sp³-hybridized carbons (Fsp3) is 0.286. The highest BCUT2D eigenvalue weighted by atomic mass is 16.5. The molecule has 1 N–H and O–H groups in total. The highest BCUT2D eigenvalue weighted by molar-refractivity contribution is 5.94. The highest BCUT2D eigenvalue weighted by Gasteiger charge is 2.15. The number of carbonyl (C=O) groups is 1. The number of aromatic carboxylic acids is 1. The Labute approximate surface area is 111 Å². The van der Waals surface area contributed by atoms with E-state index in [1.54, 1.807) is 7.05 Å². The minimum Gasteiger partial charge on any atom is -0.494 e. The third-order valence-electron chi connectivity index (χ3n) is 2.66. The average molecular weight is 260 g/mol. The van der Waals surface area contributed by atoms with E-state index < -0.39 is 5.97 Å². The van der Waals surface area contributed by atoms with Crippen molar-refractivity contribution in [2.24, 2.45) is 7.05 Å². The quantitative estimate of drug-likeness (QED) is 0.897. The van der Waals surface area contributed by atoms with Gasteiger partial charge in [-0.2, -0.15) is 5.10 Å². The van der Waals surface area contributed by atoms with Crippen molar-refractivity contribution in [1.29, 1.82) is 0 Å². The first-order chi connectivity index (χ1) is 9.11. The average Bonchev–Trinajstić information content (AvgIpc) is 2.79. The lowest BCUT2D eigenvalue weighted by atomic mass is 10.1. The molecule has 0 saturated carbocycles. The van der Waals surface area contributed by atoms with Crippen molar-refractivity contribution in [3.8, 4) is 17.0 Å². The molecule has 0 spiro atoms. The Morgan fingerprint density at radius 3 is 2.63 bits per heavy atom. The third-order valence-corrected chi connectivity index (χ3v) is 2.66. The number of carboxylic acids is 1. The first-order valence-corrected chi connectivity index (χ1v) is 6.12. The Balaban J connectivity index is 2.29. The van der Waals surface area contributed by atoms with Crippen LogP contribution in [0.2, 0.25) is 0 Å². The van der Waals surface area contributed by atoms with E-state index in [0.717, 1.165) is 17.7 Å². The van der Waals surface area contributed by atoms with Gasteiger partial charge >= 0.3 is 5.97 Å². The van der Waals surface area contributed by atoms with Crippen molar-refractivity contribution in [2.75, 3.05) is 6.61 Å². The molecule has 19 heavy (non-hydrogen) atoms. The van der Waals surface area contributed by atoms with Crippen molar-refractivity contribution in [3.05, 3.63) is 36.0 Å². The lowest BCUT2D eigenvalue weighted by Crippen LogP contribution is -1.97. The Morgan fingerprint density at radius 2 is 2.05 bits per heavy atom. The number of carboxylic acid groups (broad SMARTS) is 1. The molecule has 1 aromatic carbocycles. The summed E-state index contributed by atoms with van der Waals surface area (Å²) >= 11 is 0. The fourth-order valence-electron chi connectivity index (χ4n) is 1.79. The molecule has 0 unspecified atom stereocenters. The van der Waals surface area contributed by atoms with Crippen LogP contribution < -0.4 is 4.74 Å². The normalized spacial score (nSPS) is 10.4. The number of benzene rings is 1. The number of aromatic nitrogens is 2. The lowest BCUT2D eigenvalue weighted by Gasteiger charge is -2.05. The highest BCUT2D eigenvalue weighted by Crippen LogP contribution is 2.24. The molecular formula is C14H16N2O3. The minimum absolute atomic E-state index is 0.199. The van der Waals surface area contributed by atoms with Crippen molar-refractivity contribution in [2.45, 2.75) is 13.3 Å². The monoisotopic (exact) mass is 260 g/mol. The van der Waals surface area contributed by atoms with Crippen molar-refractivity contribution >= 4 is 5.97 Å². The van der Waals surface area contributed by atoms with Gasteiger partial charge in [-0.3, -0.25) is 4.68 Å². The van der Waals surface area contributed by atoms with E-state index in [1.807, 2.05) is 31.2 Å². The smallest absolute Gasteiger partial charge is 0.339 e. The third kappa shape index (κ3) is 2.93. The molecule has 5 heteroatoms. The minimum atomic E-state index is -0.977. The van der Waals surface area contributed by atoms with Crippen LogP contribution in [0.25, 0.3) is 11.3 Å². The Bertz CT molecular complexity index is 573. The van der Waals surface area contributed by atoms with E-state index >= 15 is 0 Å². The fourth-order valence-corrected chi connectivity index (χ4v) is 1.79. The first kappa shape index (κ1) is 13.1. The molecule has 2 rings (SSSR count). The van der Waals surface area contributed by atoms with E-state index in [-0.39, 0.29) is 5.56 Å². The number of nitrogens with zero attached hydrogens (tertiary/aromatic N) is 2. The molecule has 0 aliphatic carbocycles. The van der Waals surface area contributed by atoms with Gasteiger partial charge in [-0.15, -0.1) is 0 Å². The molecule has 0 fully saturated rings.